The second-order valence-corrected chi connectivity index (χ2v) is 22.0. The number of phenolic OH excluding ortho intramolecular Hbond substituents is 1. The number of aliphatic hydroxyl groups excluding tert-OH is 2. The van der Waals surface area contributed by atoms with Crippen LogP contribution in [0.4, 0.5) is 0 Å². The van der Waals surface area contributed by atoms with Crippen molar-refractivity contribution in [1.29, 1.82) is 0 Å². The number of carbonyl (C=O) groups is 8. The zero-order chi connectivity index (χ0) is 55.0. The quantitative estimate of drug-likeness (QED) is 0.0480. The van der Waals surface area contributed by atoms with E-state index in [-0.39, 0.29) is 43.7 Å². The molecule has 75 heavy (non-hydrogen) atoms. The van der Waals surface area contributed by atoms with Gasteiger partial charge in [0, 0.05) is 40.4 Å². The van der Waals surface area contributed by atoms with Gasteiger partial charge < -0.3 is 74.1 Å². The third kappa shape index (κ3) is 17.2. The van der Waals surface area contributed by atoms with Crippen molar-refractivity contribution in [1.82, 2.24) is 42.2 Å². The van der Waals surface area contributed by atoms with Crippen LogP contribution in [-0.2, 0) is 57.6 Å². The predicted octanol–water partition coefficient (Wildman–Crippen LogP) is -0.229. The first-order chi connectivity index (χ1) is 35.6. The highest BCUT2D eigenvalue weighted by Gasteiger charge is 2.43. The Morgan fingerprint density at radius 2 is 1.37 bits per heavy atom. The van der Waals surface area contributed by atoms with Crippen molar-refractivity contribution in [2.45, 2.75) is 132 Å². The highest BCUT2D eigenvalue weighted by Crippen LogP contribution is 2.39. The fourth-order valence-electron chi connectivity index (χ4n) is 8.18. The number of hydrogen-bond acceptors (Lipinski definition) is 15. The van der Waals surface area contributed by atoms with Gasteiger partial charge in [0.25, 0.3) is 0 Å². The van der Waals surface area contributed by atoms with Gasteiger partial charge in [-0.2, -0.15) is 0 Å². The molecule has 1 aliphatic rings. The summed E-state index contributed by atoms with van der Waals surface area (Å²) in [6, 6.07) is 9.79. The van der Waals surface area contributed by atoms with Gasteiger partial charge >= 0.3 is 5.97 Å². The third-order valence-electron chi connectivity index (χ3n) is 12.5. The molecule has 0 aliphatic carbocycles. The van der Waals surface area contributed by atoms with E-state index < -0.39 is 113 Å². The summed E-state index contributed by atoms with van der Waals surface area (Å²) in [6.45, 7) is 5.58. The zero-order valence-electron chi connectivity index (χ0n) is 42.0. The van der Waals surface area contributed by atoms with Crippen LogP contribution in [0.1, 0.15) is 63.6 Å². The van der Waals surface area contributed by atoms with Gasteiger partial charge in [-0.25, -0.2) is 4.79 Å². The smallest absolute Gasteiger partial charge is 0.328 e. The molecular formula is C51H68N10O12S2. The molecule has 1 aromatic heterocycles. The number of aromatic hydroxyl groups is 1. The van der Waals surface area contributed by atoms with Gasteiger partial charge in [0.15, 0.2) is 6.04 Å². The fourth-order valence-corrected chi connectivity index (χ4v) is 11.0. The number of fused-ring (bicyclic) bond motifs is 1. The Morgan fingerprint density at radius 3 is 2.01 bits per heavy atom. The van der Waals surface area contributed by atoms with E-state index in [0.29, 0.717) is 24.0 Å². The van der Waals surface area contributed by atoms with Crippen molar-refractivity contribution in [2.24, 2.45) is 11.5 Å². The molecule has 24 heteroatoms. The molecule has 10 atom stereocenters. The number of carboxylic acids is 1. The molecule has 5 rings (SSSR count). The number of rotatable bonds is 17. The summed E-state index contributed by atoms with van der Waals surface area (Å²) in [7, 11) is 1.89. The van der Waals surface area contributed by atoms with E-state index in [1.54, 1.807) is 42.6 Å². The van der Waals surface area contributed by atoms with E-state index in [1.165, 1.54) is 45.0 Å². The van der Waals surface area contributed by atoms with Crippen LogP contribution in [0.15, 0.2) is 85.1 Å². The van der Waals surface area contributed by atoms with Crippen LogP contribution in [0.25, 0.3) is 10.9 Å². The predicted molar refractivity (Wildman–Crippen MR) is 283 cm³/mol. The van der Waals surface area contributed by atoms with Crippen LogP contribution in [0.3, 0.4) is 0 Å². The number of aliphatic hydroxyl groups is 2. The van der Waals surface area contributed by atoms with Crippen molar-refractivity contribution in [3.8, 4) is 5.75 Å². The Kier molecular flexibility index (Phi) is 21.9. The molecule has 4 aromatic rings. The average Bonchev–Trinajstić information content (AvgIpc) is 3.77. The van der Waals surface area contributed by atoms with Crippen molar-refractivity contribution < 1.29 is 58.8 Å². The van der Waals surface area contributed by atoms with E-state index in [9.17, 15) is 58.8 Å². The number of para-hydroxylation sites is 1. The standard InChI is InChI=1S/C51H68N10O12S2/c1-27(62)40-48(70)61-42(49(71)60-41(28(2)63)50(72)73)51(3,4)75-74-26-39(58-43(65)34(53)22-29-12-6-5-7-13-29)47(69)56-37(23-30-17-19-32(64)20-18-30)45(67)57-38(24-31-25-54-35-15-9-8-14-33(31)35)46(68)55-36(44(66)59-40)16-10-11-21-52/h5-9,12-15,17-20,25,27-28,34,36-42,54,62-64H,10-11,16,21-24,26,52-53H2,1-4H3,(H,55,68)(H,56,69)(H,57,67)(H,58,65)(H,59,66)(H,60,71)(H,61,70)(H,72,73)/t27-,28-,34+,36-,37-,38-,39-,40+,41+,42+/m1/s1. The van der Waals surface area contributed by atoms with Crippen LogP contribution in [0.5, 0.6) is 5.75 Å². The number of phenols is 1. The Labute approximate surface area is 441 Å². The Balaban J connectivity index is 1.63. The normalized spacial score (nSPS) is 22.9. The van der Waals surface area contributed by atoms with Gasteiger partial charge in [-0.1, -0.05) is 82.3 Å². The van der Waals surface area contributed by atoms with E-state index in [2.05, 4.69) is 42.2 Å². The molecule has 1 saturated heterocycles. The van der Waals surface area contributed by atoms with Crippen LogP contribution in [-0.4, -0.2) is 150 Å². The minimum Gasteiger partial charge on any atom is -0.508 e. The van der Waals surface area contributed by atoms with Gasteiger partial charge in [-0.3, -0.25) is 33.6 Å². The lowest BCUT2D eigenvalue weighted by Gasteiger charge is -2.35. The number of unbranched alkanes of at least 4 members (excludes halogenated alkanes) is 1. The van der Waals surface area contributed by atoms with E-state index >= 15 is 0 Å². The summed E-state index contributed by atoms with van der Waals surface area (Å²) in [5.74, 6) is -8.33. The topological polar surface area (TPSA) is 370 Å². The van der Waals surface area contributed by atoms with Crippen LogP contribution < -0.4 is 48.7 Å². The molecule has 1 fully saturated rings. The van der Waals surface area contributed by atoms with Gasteiger partial charge in [0.2, 0.25) is 41.4 Å². The molecule has 7 amide bonds. The molecular weight excluding hydrogens is 1010 g/mol. The Hall–Kier alpha value is -6.70. The summed E-state index contributed by atoms with van der Waals surface area (Å²) in [5.41, 5.74) is 14.7. The number of benzene rings is 3. The maximum Gasteiger partial charge on any atom is 0.328 e. The number of carbonyl (C=O) groups excluding carboxylic acids is 7. The number of H-pyrrole nitrogens is 1. The lowest BCUT2D eigenvalue weighted by atomic mass is 9.99. The fraction of sp³-hybridized carbons (Fsp3) is 0.451. The van der Waals surface area contributed by atoms with Crippen LogP contribution >= 0.6 is 21.6 Å². The maximum atomic E-state index is 14.8. The van der Waals surface area contributed by atoms with Gasteiger partial charge in [-0.05, 0) is 94.8 Å². The van der Waals surface area contributed by atoms with Gasteiger partial charge in [0.1, 0.15) is 42.0 Å². The molecule has 2 heterocycles. The van der Waals surface area contributed by atoms with Crippen molar-refractivity contribution in [2.75, 3.05) is 12.3 Å². The largest absolute Gasteiger partial charge is 0.508 e. The molecule has 0 radical (unpaired) electrons. The van der Waals surface area contributed by atoms with Crippen molar-refractivity contribution in [3.05, 3.63) is 102 Å². The number of hydrogen-bond donors (Lipinski definition) is 14. The van der Waals surface area contributed by atoms with Gasteiger partial charge in [-0.15, -0.1) is 0 Å². The summed E-state index contributed by atoms with van der Waals surface area (Å²) >= 11 is 0. The monoisotopic (exact) mass is 1080 g/mol. The minimum absolute atomic E-state index is 0.0276. The number of carboxylic acid groups (broad SMARTS) is 1. The highest BCUT2D eigenvalue weighted by atomic mass is 33.1. The first kappa shape index (κ1) is 59.2. The molecule has 16 N–H and O–H groups in total. The molecule has 22 nitrogen and oxygen atoms in total. The van der Waals surface area contributed by atoms with E-state index in [0.717, 1.165) is 45.0 Å². The number of aromatic amines is 1. The van der Waals surface area contributed by atoms with Crippen molar-refractivity contribution >= 4 is 79.8 Å². The molecule has 0 spiro atoms. The third-order valence-corrected chi connectivity index (χ3v) is 15.8. The molecule has 3 aromatic carbocycles. The second kappa shape index (κ2) is 27.7. The SMILES string of the molecule is C[C@@H](O)[C@H](NC(=O)[C@@H]1NC(=O)[C@H]([C@@H](C)O)NC(=O)[C@@H](CCCCN)NC(=O)[C@@H](Cc2c[nH]c3ccccc23)NC(=O)[C@@H](Cc2ccc(O)cc2)NC(=O)[C@H](NC(=O)[C@@H](N)Cc2ccccc2)CSSC1(C)C)C(=O)O. The lowest BCUT2D eigenvalue weighted by Crippen LogP contribution is -2.65. The molecule has 0 bridgehead atoms. The average molecular weight is 1080 g/mol. The van der Waals surface area contributed by atoms with Crippen LogP contribution in [0.2, 0.25) is 0 Å². The number of amides is 7. The first-order valence-corrected chi connectivity index (χ1v) is 26.7. The molecule has 1 aliphatic heterocycles. The number of aliphatic carboxylic acids is 1. The van der Waals surface area contributed by atoms with Crippen LogP contribution in [0, 0.1) is 0 Å². The summed E-state index contributed by atoms with van der Waals surface area (Å²) in [4.78, 5) is 116. The number of nitrogens with one attached hydrogen (secondary N) is 8. The Morgan fingerprint density at radius 1 is 0.760 bits per heavy atom. The highest BCUT2D eigenvalue weighted by molar-refractivity contribution is 8.77. The molecule has 0 unspecified atom stereocenters. The zero-order valence-corrected chi connectivity index (χ0v) is 43.7. The van der Waals surface area contributed by atoms with E-state index in [1.807, 2.05) is 18.2 Å². The van der Waals surface area contributed by atoms with Crippen molar-refractivity contribution in [3.63, 3.8) is 0 Å². The lowest BCUT2D eigenvalue weighted by molar-refractivity contribution is -0.145. The summed E-state index contributed by atoms with van der Waals surface area (Å²) in [5, 5.41) is 60.3. The molecule has 406 valence electrons. The summed E-state index contributed by atoms with van der Waals surface area (Å²) in [6.07, 6.45) is -1.11. The molecule has 0 saturated carbocycles. The number of aromatic nitrogens is 1. The minimum atomic E-state index is -1.84. The Bertz CT molecular complexity index is 2620. The first-order valence-electron chi connectivity index (χ1n) is 24.4. The van der Waals surface area contributed by atoms with E-state index in [4.69, 9.17) is 11.5 Å². The number of nitrogens with two attached hydrogens (primary N) is 2. The second-order valence-electron chi connectivity index (χ2n) is 19.0. The summed E-state index contributed by atoms with van der Waals surface area (Å²) < 4.78 is -1.46. The van der Waals surface area contributed by atoms with Gasteiger partial charge in [0.05, 0.1) is 18.2 Å². The maximum absolute atomic E-state index is 14.8.